The van der Waals surface area contributed by atoms with Gasteiger partial charge >= 0.3 is 12.0 Å². The van der Waals surface area contributed by atoms with Crippen LogP contribution in [0.5, 0.6) is 0 Å². The number of hydrogen-bond acceptors (Lipinski definition) is 4. The number of amides is 2. The molecule has 1 unspecified atom stereocenters. The number of nitrogens with one attached hydrogen (secondary N) is 2. The van der Waals surface area contributed by atoms with Crippen LogP contribution >= 0.6 is 27.3 Å². The van der Waals surface area contributed by atoms with Crippen molar-refractivity contribution < 1.29 is 19.4 Å². The molecule has 1 aromatic heterocycles. The van der Waals surface area contributed by atoms with Gasteiger partial charge in [0.2, 0.25) is 0 Å². The molecule has 0 aliphatic carbocycles. The number of methoxy groups -OCH3 is 1. The highest BCUT2D eigenvalue weighted by atomic mass is 79.9. The minimum Gasteiger partial charge on any atom is -0.480 e. The van der Waals surface area contributed by atoms with Gasteiger partial charge in [-0.05, 0) is 28.1 Å². The number of urea groups is 1. The van der Waals surface area contributed by atoms with Gasteiger partial charge in [-0.2, -0.15) is 0 Å². The molecule has 3 N–H and O–H groups in total. The van der Waals surface area contributed by atoms with Crippen LogP contribution in [0.4, 0.5) is 4.79 Å². The van der Waals surface area contributed by atoms with E-state index in [9.17, 15) is 9.59 Å². The molecule has 0 aliphatic heterocycles. The van der Waals surface area contributed by atoms with E-state index in [-0.39, 0.29) is 6.61 Å². The maximum atomic E-state index is 11.5. The molecule has 0 saturated carbocycles. The van der Waals surface area contributed by atoms with E-state index in [1.807, 2.05) is 12.1 Å². The Morgan fingerprint density at radius 2 is 2.28 bits per heavy atom. The van der Waals surface area contributed by atoms with Crippen LogP contribution in [0.3, 0.4) is 0 Å². The standard InChI is InChI=1S/C10H13BrN2O4S/c1-17-5-7(9(14)15)13-10(16)12-4-6-2-3-8(11)18-6/h2-3,7H,4-5H2,1H3,(H,14,15)(H2,12,13,16). The number of carbonyl (C=O) groups excluding carboxylic acids is 1. The second-order valence-corrected chi connectivity index (χ2v) is 5.93. The number of carboxylic acids is 1. The predicted octanol–water partition coefficient (Wildman–Crippen LogP) is 1.41. The third kappa shape index (κ3) is 5.03. The number of rotatable bonds is 6. The van der Waals surface area contributed by atoms with Gasteiger partial charge in [-0.3, -0.25) is 0 Å². The first-order chi connectivity index (χ1) is 8.52. The molecule has 0 bridgehead atoms. The highest BCUT2D eigenvalue weighted by molar-refractivity contribution is 9.11. The molecule has 100 valence electrons. The average Bonchev–Trinajstić information content (AvgIpc) is 2.72. The number of carbonyl (C=O) groups is 2. The second kappa shape index (κ2) is 7.34. The van der Waals surface area contributed by atoms with Crippen LogP contribution in [-0.4, -0.2) is 36.9 Å². The van der Waals surface area contributed by atoms with Crippen molar-refractivity contribution in [3.63, 3.8) is 0 Å². The summed E-state index contributed by atoms with van der Waals surface area (Å²) in [6.45, 7) is 0.273. The molecule has 0 aromatic carbocycles. The maximum Gasteiger partial charge on any atom is 0.328 e. The molecule has 0 radical (unpaired) electrons. The fraction of sp³-hybridized carbons (Fsp3) is 0.400. The van der Waals surface area contributed by atoms with Gasteiger partial charge in [0, 0.05) is 12.0 Å². The van der Waals surface area contributed by atoms with Crippen LogP contribution in [0.1, 0.15) is 4.88 Å². The van der Waals surface area contributed by atoms with Gasteiger partial charge in [0.1, 0.15) is 0 Å². The maximum absolute atomic E-state index is 11.5. The molecule has 0 aliphatic rings. The average molecular weight is 337 g/mol. The first kappa shape index (κ1) is 14.9. The summed E-state index contributed by atoms with van der Waals surface area (Å²) < 4.78 is 5.68. The zero-order valence-corrected chi connectivity index (χ0v) is 12.0. The largest absolute Gasteiger partial charge is 0.480 e. The van der Waals surface area contributed by atoms with Crippen LogP contribution in [0.2, 0.25) is 0 Å². The fourth-order valence-corrected chi connectivity index (χ4v) is 2.59. The van der Waals surface area contributed by atoms with E-state index in [2.05, 4.69) is 26.6 Å². The molecular formula is C10H13BrN2O4S. The van der Waals surface area contributed by atoms with Crippen LogP contribution in [0, 0.1) is 0 Å². The molecule has 6 nitrogen and oxygen atoms in total. The third-order valence-electron chi connectivity index (χ3n) is 1.99. The number of hydrogen-bond donors (Lipinski definition) is 3. The quantitative estimate of drug-likeness (QED) is 0.732. The van der Waals surface area contributed by atoms with Gasteiger partial charge in [-0.1, -0.05) is 0 Å². The van der Waals surface area contributed by atoms with E-state index in [4.69, 9.17) is 9.84 Å². The highest BCUT2D eigenvalue weighted by Crippen LogP contribution is 2.21. The van der Waals surface area contributed by atoms with Crippen molar-refractivity contribution in [2.24, 2.45) is 0 Å². The van der Waals surface area contributed by atoms with Crippen LogP contribution < -0.4 is 10.6 Å². The first-order valence-electron chi connectivity index (χ1n) is 5.03. The monoisotopic (exact) mass is 336 g/mol. The SMILES string of the molecule is COCC(NC(=O)NCc1ccc(Br)s1)C(=O)O. The summed E-state index contributed by atoms with van der Waals surface area (Å²) in [5.41, 5.74) is 0. The lowest BCUT2D eigenvalue weighted by Crippen LogP contribution is -2.47. The summed E-state index contributed by atoms with van der Waals surface area (Å²) in [6, 6.07) is 2.16. The summed E-state index contributed by atoms with van der Waals surface area (Å²) in [6.07, 6.45) is 0. The van der Waals surface area contributed by atoms with E-state index in [0.717, 1.165) is 8.66 Å². The minimum absolute atomic E-state index is 0.0761. The molecule has 18 heavy (non-hydrogen) atoms. The number of ether oxygens (including phenoxy) is 1. The van der Waals surface area contributed by atoms with Crippen molar-refractivity contribution in [3.05, 3.63) is 20.8 Å². The Morgan fingerprint density at radius 3 is 2.78 bits per heavy atom. The molecule has 0 saturated heterocycles. The van der Waals surface area contributed by atoms with Crippen molar-refractivity contribution in [1.29, 1.82) is 0 Å². The Morgan fingerprint density at radius 1 is 1.56 bits per heavy atom. The van der Waals surface area contributed by atoms with E-state index in [1.165, 1.54) is 18.4 Å². The number of aliphatic carboxylic acids is 1. The molecule has 1 rings (SSSR count). The minimum atomic E-state index is -1.13. The predicted molar refractivity (Wildman–Crippen MR) is 70.7 cm³/mol. The van der Waals surface area contributed by atoms with Crippen molar-refractivity contribution in [2.45, 2.75) is 12.6 Å². The highest BCUT2D eigenvalue weighted by Gasteiger charge is 2.19. The molecule has 1 aromatic rings. The summed E-state index contributed by atoms with van der Waals surface area (Å²) in [5, 5.41) is 13.7. The second-order valence-electron chi connectivity index (χ2n) is 3.38. The Labute approximate surface area is 116 Å². The van der Waals surface area contributed by atoms with Crippen LogP contribution in [-0.2, 0) is 16.1 Å². The molecular weight excluding hydrogens is 324 g/mol. The summed E-state index contributed by atoms with van der Waals surface area (Å²) in [7, 11) is 1.37. The van der Waals surface area contributed by atoms with E-state index < -0.39 is 18.0 Å². The van der Waals surface area contributed by atoms with Gasteiger partial charge in [0.05, 0.1) is 16.9 Å². The topological polar surface area (TPSA) is 87.7 Å². The Kier molecular flexibility index (Phi) is 6.10. The zero-order chi connectivity index (χ0) is 13.5. The summed E-state index contributed by atoms with van der Waals surface area (Å²) in [5.74, 6) is -1.13. The lowest BCUT2D eigenvalue weighted by molar-refractivity contribution is -0.140. The number of carboxylic acid groups (broad SMARTS) is 1. The Bertz CT molecular complexity index is 424. The van der Waals surface area contributed by atoms with Crippen molar-refractivity contribution >= 4 is 39.3 Å². The van der Waals surface area contributed by atoms with Crippen LogP contribution in [0.25, 0.3) is 0 Å². The molecule has 1 atom stereocenters. The summed E-state index contributed by atoms with van der Waals surface area (Å²) >= 11 is 4.81. The Balaban J connectivity index is 2.38. The first-order valence-corrected chi connectivity index (χ1v) is 6.64. The molecule has 1 heterocycles. The molecule has 0 fully saturated rings. The Hall–Kier alpha value is -1.12. The fourth-order valence-electron chi connectivity index (χ4n) is 1.16. The molecule has 0 spiro atoms. The van der Waals surface area contributed by atoms with E-state index in [1.54, 1.807) is 0 Å². The summed E-state index contributed by atoms with van der Waals surface area (Å²) in [4.78, 5) is 23.2. The van der Waals surface area contributed by atoms with Crippen molar-refractivity contribution in [3.8, 4) is 0 Å². The number of thiophene rings is 1. The molecule has 8 heteroatoms. The van der Waals surface area contributed by atoms with Gasteiger partial charge in [0.25, 0.3) is 0 Å². The van der Waals surface area contributed by atoms with Crippen LogP contribution in [0.15, 0.2) is 15.9 Å². The number of halogens is 1. The smallest absolute Gasteiger partial charge is 0.328 e. The third-order valence-corrected chi connectivity index (χ3v) is 3.61. The van der Waals surface area contributed by atoms with Gasteiger partial charge in [0.15, 0.2) is 6.04 Å². The molecule has 2 amide bonds. The zero-order valence-electron chi connectivity index (χ0n) is 9.60. The van der Waals surface area contributed by atoms with Gasteiger partial charge in [-0.25, -0.2) is 9.59 Å². The lowest BCUT2D eigenvalue weighted by Gasteiger charge is -2.13. The van der Waals surface area contributed by atoms with E-state index in [0.29, 0.717) is 6.54 Å². The normalized spacial score (nSPS) is 11.9. The van der Waals surface area contributed by atoms with Crippen molar-refractivity contribution in [1.82, 2.24) is 10.6 Å². The van der Waals surface area contributed by atoms with Gasteiger partial charge in [-0.15, -0.1) is 11.3 Å². The van der Waals surface area contributed by atoms with E-state index >= 15 is 0 Å². The van der Waals surface area contributed by atoms with Crippen molar-refractivity contribution in [2.75, 3.05) is 13.7 Å². The van der Waals surface area contributed by atoms with Gasteiger partial charge < -0.3 is 20.5 Å². The lowest BCUT2D eigenvalue weighted by atomic mass is 10.3.